The van der Waals surface area contributed by atoms with Crippen LogP contribution in [0.2, 0.25) is 0 Å². The van der Waals surface area contributed by atoms with E-state index in [0.29, 0.717) is 5.33 Å². The summed E-state index contributed by atoms with van der Waals surface area (Å²) in [5.74, 6) is 0.0399. The minimum Gasteiger partial charge on any atom is -0.362 e. The van der Waals surface area contributed by atoms with E-state index in [1.54, 1.807) is 0 Å². The Balaban J connectivity index is 2.80. The van der Waals surface area contributed by atoms with Gasteiger partial charge in [-0.3, -0.25) is 4.79 Å². The fourth-order valence-electron chi connectivity index (χ4n) is 1.25. The monoisotopic (exact) mass is 270 g/mol. The Hall–Kier alpha value is -0.670. The normalized spacial score (nSPS) is 14.6. The van der Waals surface area contributed by atoms with Crippen molar-refractivity contribution in [2.45, 2.75) is 19.4 Å². The first-order valence-corrected chi connectivity index (χ1v) is 5.95. The molecule has 0 aliphatic rings. The van der Waals surface area contributed by atoms with Crippen LogP contribution in [0.1, 0.15) is 19.4 Å². The van der Waals surface area contributed by atoms with E-state index in [-0.39, 0.29) is 12.4 Å². The van der Waals surface area contributed by atoms with Crippen LogP contribution in [0.4, 0.5) is 0 Å². The molecule has 0 N–H and O–H groups in total. The van der Waals surface area contributed by atoms with Crippen LogP contribution in [0.3, 0.4) is 0 Å². The quantitative estimate of drug-likeness (QED) is 0.770. The molecule has 1 aromatic carbocycles. The van der Waals surface area contributed by atoms with Crippen LogP contribution in [-0.4, -0.2) is 17.7 Å². The second-order valence-electron chi connectivity index (χ2n) is 3.72. The predicted molar refractivity (Wildman–Crippen MR) is 64.2 cm³/mol. The molecule has 0 fully saturated rings. The van der Waals surface area contributed by atoms with Crippen molar-refractivity contribution in [1.82, 2.24) is 0 Å². The summed E-state index contributed by atoms with van der Waals surface area (Å²) in [6.45, 7) is 3.65. The van der Waals surface area contributed by atoms with Crippen LogP contribution < -0.4 is 0 Å². The highest BCUT2D eigenvalue weighted by molar-refractivity contribution is 9.09. The first kappa shape index (κ1) is 12.4. The molecule has 0 saturated heterocycles. The van der Waals surface area contributed by atoms with E-state index in [4.69, 9.17) is 4.74 Å². The van der Waals surface area contributed by atoms with Gasteiger partial charge in [-0.1, -0.05) is 46.3 Å². The lowest BCUT2D eigenvalue weighted by Crippen LogP contribution is -2.29. The number of alkyl halides is 1. The van der Waals surface area contributed by atoms with Gasteiger partial charge in [0.1, 0.15) is 12.2 Å². The summed E-state index contributed by atoms with van der Waals surface area (Å²) in [7, 11) is 0. The van der Waals surface area contributed by atoms with Gasteiger partial charge in [0.2, 0.25) is 0 Å². The van der Waals surface area contributed by atoms with Crippen LogP contribution in [0.25, 0.3) is 0 Å². The fraction of sp³-hybridized carbons (Fsp3) is 0.417. The molecule has 3 heteroatoms. The molecular formula is C12H15BrO2. The van der Waals surface area contributed by atoms with Crippen LogP contribution in [0, 0.1) is 0 Å². The maximum absolute atomic E-state index is 10.9. The average molecular weight is 271 g/mol. The van der Waals surface area contributed by atoms with Crippen molar-refractivity contribution in [2.24, 2.45) is 0 Å². The Morgan fingerprint density at radius 2 is 2.00 bits per heavy atom. The molecule has 82 valence electrons. The Kier molecular flexibility index (Phi) is 4.48. The Bertz CT molecular complexity index is 324. The van der Waals surface area contributed by atoms with Crippen LogP contribution in [-0.2, 0) is 15.1 Å². The number of hydrogen-bond acceptors (Lipinski definition) is 2. The highest BCUT2D eigenvalue weighted by Crippen LogP contribution is 2.27. The van der Waals surface area contributed by atoms with Gasteiger partial charge in [-0.25, -0.2) is 0 Å². The molecule has 0 amide bonds. The van der Waals surface area contributed by atoms with Crippen molar-refractivity contribution in [3.05, 3.63) is 35.9 Å². The van der Waals surface area contributed by atoms with Gasteiger partial charge in [-0.15, -0.1) is 0 Å². The SMILES string of the molecule is CC(=O)COC(C)(CBr)c1ccccc1. The minimum absolute atomic E-state index is 0.0399. The summed E-state index contributed by atoms with van der Waals surface area (Å²) in [6, 6.07) is 9.90. The summed E-state index contributed by atoms with van der Waals surface area (Å²) < 4.78 is 5.63. The van der Waals surface area contributed by atoms with E-state index in [0.717, 1.165) is 5.56 Å². The largest absolute Gasteiger partial charge is 0.362 e. The lowest BCUT2D eigenvalue weighted by molar-refractivity contribution is -0.127. The standard InChI is InChI=1S/C12H15BrO2/c1-10(14)8-15-12(2,9-13)11-6-4-3-5-7-11/h3-7H,8-9H2,1-2H3. The van der Waals surface area contributed by atoms with Crippen molar-refractivity contribution in [3.63, 3.8) is 0 Å². The molecule has 1 atom stereocenters. The van der Waals surface area contributed by atoms with Gasteiger partial charge in [0.05, 0.1) is 0 Å². The van der Waals surface area contributed by atoms with E-state index in [1.807, 2.05) is 37.3 Å². The highest BCUT2D eigenvalue weighted by atomic mass is 79.9. The highest BCUT2D eigenvalue weighted by Gasteiger charge is 2.26. The first-order chi connectivity index (χ1) is 7.08. The molecule has 0 saturated carbocycles. The molecule has 0 aliphatic carbocycles. The molecule has 0 aliphatic heterocycles. The number of carbonyl (C=O) groups excluding carboxylic acids is 1. The molecule has 1 aromatic rings. The molecule has 0 aromatic heterocycles. The first-order valence-electron chi connectivity index (χ1n) is 4.83. The molecular weight excluding hydrogens is 256 g/mol. The van der Waals surface area contributed by atoms with Crippen LogP contribution >= 0.6 is 15.9 Å². The summed E-state index contributed by atoms with van der Waals surface area (Å²) >= 11 is 3.42. The van der Waals surface area contributed by atoms with Gasteiger partial charge in [-0.05, 0) is 19.4 Å². The van der Waals surface area contributed by atoms with E-state index in [2.05, 4.69) is 15.9 Å². The van der Waals surface area contributed by atoms with Gasteiger partial charge >= 0.3 is 0 Å². The topological polar surface area (TPSA) is 26.3 Å². The maximum Gasteiger partial charge on any atom is 0.155 e. The number of ether oxygens (including phenoxy) is 1. The number of Topliss-reactive ketones (excluding diaryl/α,β-unsaturated/α-hetero) is 1. The fourth-order valence-corrected chi connectivity index (χ4v) is 1.74. The molecule has 0 bridgehead atoms. The Morgan fingerprint density at radius 3 is 2.47 bits per heavy atom. The van der Waals surface area contributed by atoms with Gasteiger partial charge < -0.3 is 4.74 Å². The predicted octanol–water partition coefficient (Wildman–Crippen LogP) is 2.90. The number of hydrogen-bond donors (Lipinski definition) is 0. The van der Waals surface area contributed by atoms with Crippen molar-refractivity contribution >= 4 is 21.7 Å². The molecule has 0 heterocycles. The van der Waals surface area contributed by atoms with E-state index >= 15 is 0 Å². The third kappa shape index (κ3) is 3.43. The van der Waals surface area contributed by atoms with E-state index < -0.39 is 5.60 Å². The average Bonchev–Trinajstić information content (AvgIpc) is 2.27. The summed E-state index contributed by atoms with van der Waals surface area (Å²) in [5.41, 5.74) is 0.635. The van der Waals surface area contributed by atoms with Crippen molar-refractivity contribution in [3.8, 4) is 0 Å². The van der Waals surface area contributed by atoms with Gasteiger partial charge in [0, 0.05) is 5.33 Å². The number of benzene rings is 1. The van der Waals surface area contributed by atoms with Crippen molar-refractivity contribution in [1.29, 1.82) is 0 Å². The lowest BCUT2D eigenvalue weighted by Gasteiger charge is -2.27. The molecule has 1 rings (SSSR count). The third-order valence-corrected chi connectivity index (χ3v) is 3.30. The summed E-state index contributed by atoms with van der Waals surface area (Å²) in [4.78, 5) is 10.9. The van der Waals surface area contributed by atoms with Crippen LogP contribution in [0.15, 0.2) is 30.3 Å². The molecule has 2 nitrogen and oxygen atoms in total. The van der Waals surface area contributed by atoms with Crippen LogP contribution in [0.5, 0.6) is 0 Å². The zero-order valence-corrected chi connectivity index (χ0v) is 10.6. The summed E-state index contributed by atoms with van der Waals surface area (Å²) in [6.07, 6.45) is 0. The minimum atomic E-state index is -0.438. The smallest absolute Gasteiger partial charge is 0.155 e. The zero-order valence-electron chi connectivity index (χ0n) is 9.00. The molecule has 0 radical (unpaired) electrons. The van der Waals surface area contributed by atoms with Gasteiger partial charge in [-0.2, -0.15) is 0 Å². The molecule has 1 unspecified atom stereocenters. The zero-order chi connectivity index (χ0) is 11.3. The second-order valence-corrected chi connectivity index (χ2v) is 4.28. The Morgan fingerprint density at radius 1 is 1.40 bits per heavy atom. The summed E-state index contributed by atoms with van der Waals surface area (Å²) in [5, 5.41) is 0.664. The number of carbonyl (C=O) groups is 1. The van der Waals surface area contributed by atoms with Crippen molar-refractivity contribution in [2.75, 3.05) is 11.9 Å². The second kappa shape index (κ2) is 5.42. The number of halogens is 1. The maximum atomic E-state index is 10.9. The Labute approximate surface area is 98.8 Å². The third-order valence-electron chi connectivity index (χ3n) is 2.23. The lowest BCUT2D eigenvalue weighted by atomic mass is 9.98. The van der Waals surface area contributed by atoms with E-state index in [9.17, 15) is 4.79 Å². The van der Waals surface area contributed by atoms with Gasteiger partial charge in [0.25, 0.3) is 0 Å². The van der Waals surface area contributed by atoms with Crippen molar-refractivity contribution < 1.29 is 9.53 Å². The van der Waals surface area contributed by atoms with E-state index in [1.165, 1.54) is 6.92 Å². The number of rotatable bonds is 5. The van der Waals surface area contributed by atoms with Gasteiger partial charge in [0.15, 0.2) is 5.78 Å². The molecule has 0 spiro atoms. The molecule has 15 heavy (non-hydrogen) atoms. The number of ketones is 1.